The molecule has 8 rings (SSSR count). The number of H-pyrrole nitrogens is 1. The molecule has 0 radical (unpaired) electrons. The van der Waals surface area contributed by atoms with Crippen molar-refractivity contribution in [1.82, 2.24) is 14.5 Å². The average molecular weight is 452 g/mol. The highest BCUT2D eigenvalue weighted by atomic mass is 16.3. The Labute approximate surface area is 200 Å². The summed E-state index contributed by atoms with van der Waals surface area (Å²) in [5.74, 6) is 0.644. The van der Waals surface area contributed by atoms with E-state index in [0.717, 1.165) is 35.2 Å². The molecule has 0 bridgehead atoms. The van der Waals surface area contributed by atoms with Gasteiger partial charge in [0.1, 0.15) is 5.52 Å². The van der Waals surface area contributed by atoms with Gasteiger partial charge in [-0.05, 0) is 55.3 Å². The van der Waals surface area contributed by atoms with E-state index in [1.54, 1.807) is 0 Å². The molecule has 0 saturated carbocycles. The Morgan fingerprint density at radius 3 is 2.46 bits per heavy atom. The van der Waals surface area contributed by atoms with E-state index in [0.29, 0.717) is 5.89 Å². The number of hydrogen-bond acceptors (Lipinski definition) is 2. The second kappa shape index (κ2) is 6.97. The van der Waals surface area contributed by atoms with E-state index in [1.165, 1.54) is 43.3 Å². The summed E-state index contributed by atoms with van der Waals surface area (Å²) in [6.07, 6.45) is 6.87. The van der Waals surface area contributed by atoms with Gasteiger partial charge < -0.3 is 14.0 Å². The van der Waals surface area contributed by atoms with E-state index >= 15 is 0 Å². The molecule has 4 nitrogen and oxygen atoms in total. The van der Waals surface area contributed by atoms with Gasteiger partial charge in [-0.15, -0.1) is 0 Å². The van der Waals surface area contributed by atoms with Crippen molar-refractivity contribution in [3.05, 3.63) is 95.5 Å². The second-order valence-corrected chi connectivity index (χ2v) is 9.21. The van der Waals surface area contributed by atoms with Crippen LogP contribution < -0.4 is 10.6 Å². The first-order valence-corrected chi connectivity index (χ1v) is 12.1. The maximum absolute atomic E-state index is 6.00. The summed E-state index contributed by atoms with van der Waals surface area (Å²) in [5.41, 5.74) is 7.38. The number of nitrogens with zero attached hydrogens (tertiary/aromatic N) is 2. The van der Waals surface area contributed by atoms with Crippen LogP contribution in [0.1, 0.15) is 12.8 Å². The predicted molar refractivity (Wildman–Crippen MR) is 143 cm³/mol. The maximum Gasteiger partial charge on any atom is 0.227 e. The molecule has 4 heteroatoms. The van der Waals surface area contributed by atoms with Crippen LogP contribution in [0.15, 0.2) is 89.3 Å². The first kappa shape index (κ1) is 18.8. The van der Waals surface area contributed by atoms with Crippen molar-refractivity contribution < 1.29 is 4.42 Å². The Morgan fingerprint density at radius 2 is 1.54 bits per heavy atom. The largest absolute Gasteiger partial charge is 0.436 e. The molecule has 35 heavy (non-hydrogen) atoms. The Morgan fingerprint density at radius 1 is 0.743 bits per heavy atom. The van der Waals surface area contributed by atoms with Gasteiger partial charge in [0, 0.05) is 38.0 Å². The zero-order valence-electron chi connectivity index (χ0n) is 19.0. The molecular formula is C31H21N3O. The highest BCUT2D eigenvalue weighted by Crippen LogP contribution is 2.35. The third-order valence-corrected chi connectivity index (χ3v) is 7.21. The van der Waals surface area contributed by atoms with Crippen LogP contribution >= 0.6 is 0 Å². The molecule has 1 aliphatic carbocycles. The summed E-state index contributed by atoms with van der Waals surface area (Å²) in [4.78, 5) is 8.42. The van der Waals surface area contributed by atoms with Crippen LogP contribution in [0.25, 0.3) is 73.1 Å². The summed E-state index contributed by atoms with van der Waals surface area (Å²) in [5, 5.41) is 6.37. The van der Waals surface area contributed by atoms with Gasteiger partial charge in [-0.25, -0.2) is 4.98 Å². The standard InChI is InChI=1S/C31H21N3O/c1-3-9-25-21(7-1)23-17-18-24-22-8-2-5-11-27(22)34(30(24)29(23)32-25)20-15-13-19(14-16-20)31-33-26-10-4-6-12-28(26)35-31/h2,4-18,32H,1,3H2. The number of nitrogens with one attached hydrogen (secondary N) is 1. The number of hydrogen-bond donors (Lipinski definition) is 1. The van der Waals surface area contributed by atoms with E-state index in [2.05, 4.69) is 87.4 Å². The fraction of sp³-hybridized carbons (Fsp3) is 0.0645. The lowest BCUT2D eigenvalue weighted by molar-refractivity contribution is 0.620. The molecule has 0 spiro atoms. The predicted octanol–water partition coefficient (Wildman–Crippen LogP) is 6.43. The minimum absolute atomic E-state index is 0.644. The Balaban J connectivity index is 1.40. The monoisotopic (exact) mass is 451 g/mol. The average Bonchev–Trinajstić information content (AvgIpc) is 3.60. The van der Waals surface area contributed by atoms with Gasteiger partial charge in [0.05, 0.1) is 16.6 Å². The molecule has 3 aromatic heterocycles. The van der Waals surface area contributed by atoms with Crippen molar-refractivity contribution in [3.63, 3.8) is 0 Å². The molecule has 0 atom stereocenters. The summed E-state index contributed by atoms with van der Waals surface area (Å²) < 4.78 is 8.38. The SMILES string of the molecule is C1=c2[nH]c3c(ccc4c5ccccc5n(-c5ccc(-c6nc7ccccc7o6)cc5)c43)c2=CCC1. The smallest absolute Gasteiger partial charge is 0.227 e. The topological polar surface area (TPSA) is 46.8 Å². The molecule has 4 aromatic carbocycles. The molecule has 0 saturated heterocycles. The van der Waals surface area contributed by atoms with Crippen molar-refractivity contribution in [2.24, 2.45) is 0 Å². The van der Waals surface area contributed by atoms with Gasteiger partial charge in [-0.3, -0.25) is 0 Å². The van der Waals surface area contributed by atoms with Crippen molar-refractivity contribution in [1.29, 1.82) is 0 Å². The van der Waals surface area contributed by atoms with E-state index in [9.17, 15) is 0 Å². The highest BCUT2D eigenvalue weighted by Gasteiger charge is 2.17. The molecule has 3 heterocycles. The van der Waals surface area contributed by atoms with E-state index in [4.69, 9.17) is 4.42 Å². The van der Waals surface area contributed by atoms with Crippen molar-refractivity contribution in [2.45, 2.75) is 12.8 Å². The van der Waals surface area contributed by atoms with Crippen LogP contribution in [0.3, 0.4) is 0 Å². The minimum atomic E-state index is 0.644. The lowest BCUT2D eigenvalue weighted by atomic mass is 10.1. The molecule has 1 N–H and O–H groups in total. The minimum Gasteiger partial charge on any atom is -0.436 e. The number of aromatic nitrogens is 3. The molecule has 7 aromatic rings. The molecule has 1 aliphatic rings. The number of para-hydroxylation sites is 3. The van der Waals surface area contributed by atoms with Crippen LogP contribution in [0.5, 0.6) is 0 Å². The third-order valence-electron chi connectivity index (χ3n) is 7.21. The van der Waals surface area contributed by atoms with Crippen molar-refractivity contribution >= 4 is 56.0 Å². The van der Waals surface area contributed by atoms with E-state index in [1.807, 2.05) is 24.3 Å². The Kier molecular flexibility index (Phi) is 3.74. The van der Waals surface area contributed by atoms with Gasteiger partial charge in [0.2, 0.25) is 5.89 Å². The van der Waals surface area contributed by atoms with E-state index in [-0.39, 0.29) is 0 Å². The summed E-state index contributed by atoms with van der Waals surface area (Å²) in [6, 6.07) is 29.6. The number of oxazole rings is 1. The van der Waals surface area contributed by atoms with E-state index < -0.39 is 0 Å². The lowest BCUT2D eigenvalue weighted by Crippen LogP contribution is -2.24. The van der Waals surface area contributed by atoms with Crippen LogP contribution in [-0.4, -0.2) is 14.5 Å². The quantitative estimate of drug-likeness (QED) is 0.329. The van der Waals surface area contributed by atoms with Gasteiger partial charge in [0.15, 0.2) is 5.58 Å². The summed E-state index contributed by atoms with van der Waals surface area (Å²) in [6.45, 7) is 0. The number of rotatable bonds is 2. The second-order valence-electron chi connectivity index (χ2n) is 9.21. The Hall–Kier alpha value is -4.57. The first-order valence-electron chi connectivity index (χ1n) is 12.1. The molecule has 0 amide bonds. The lowest BCUT2D eigenvalue weighted by Gasteiger charge is -2.09. The number of benzene rings is 4. The van der Waals surface area contributed by atoms with Gasteiger partial charge in [0.25, 0.3) is 0 Å². The molecule has 0 unspecified atom stereocenters. The first-order chi connectivity index (χ1) is 17.3. The summed E-state index contributed by atoms with van der Waals surface area (Å²) >= 11 is 0. The molecule has 0 aliphatic heterocycles. The zero-order valence-corrected chi connectivity index (χ0v) is 19.0. The van der Waals surface area contributed by atoms with Gasteiger partial charge in [-0.2, -0.15) is 0 Å². The fourth-order valence-electron chi connectivity index (χ4n) is 5.61. The van der Waals surface area contributed by atoms with Gasteiger partial charge >= 0.3 is 0 Å². The molecular weight excluding hydrogens is 430 g/mol. The van der Waals surface area contributed by atoms with Crippen LogP contribution in [-0.2, 0) is 0 Å². The van der Waals surface area contributed by atoms with Crippen LogP contribution in [0, 0.1) is 0 Å². The highest BCUT2D eigenvalue weighted by molar-refractivity contribution is 6.17. The maximum atomic E-state index is 6.00. The molecule has 166 valence electrons. The van der Waals surface area contributed by atoms with Crippen molar-refractivity contribution in [2.75, 3.05) is 0 Å². The van der Waals surface area contributed by atoms with Gasteiger partial charge in [-0.1, -0.05) is 54.6 Å². The zero-order chi connectivity index (χ0) is 22.9. The normalized spacial score (nSPS) is 13.4. The third kappa shape index (κ3) is 2.65. The number of fused-ring (bicyclic) bond motifs is 8. The Bertz CT molecular complexity index is 2020. The number of aromatic amines is 1. The van der Waals surface area contributed by atoms with Crippen LogP contribution in [0.2, 0.25) is 0 Å². The summed E-state index contributed by atoms with van der Waals surface area (Å²) in [7, 11) is 0. The molecule has 0 fully saturated rings. The van der Waals surface area contributed by atoms with Crippen molar-refractivity contribution in [3.8, 4) is 17.1 Å². The fourth-order valence-corrected chi connectivity index (χ4v) is 5.61. The van der Waals surface area contributed by atoms with Crippen LogP contribution in [0.4, 0.5) is 0 Å².